The van der Waals surface area contributed by atoms with Crippen molar-refractivity contribution in [1.29, 1.82) is 0 Å². The molecule has 18 heavy (non-hydrogen) atoms. The average molecular weight is 252 g/mol. The minimum Gasteiger partial charge on any atom is -0.479 e. The first-order chi connectivity index (χ1) is 8.41. The molecule has 0 aliphatic rings. The van der Waals surface area contributed by atoms with Crippen molar-refractivity contribution in [3.05, 3.63) is 29.8 Å². The van der Waals surface area contributed by atoms with Gasteiger partial charge in [0.25, 0.3) is 0 Å². The third kappa shape index (κ3) is 3.74. The normalized spacial score (nSPS) is 11.7. The monoisotopic (exact) mass is 252 g/mol. The van der Waals surface area contributed by atoms with Crippen molar-refractivity contribution in [2.45, 2.75) is 13.0 Å². The minimum absolute atomic E-state index is 0.329. The SMILES string of the molecule is Cc1cccc(N(C)C(=O)NCC(O)C(=O)O)c1. The number of urea groups is 1. The number of benzene rings is 1. The second-order valence-corrected chi connectivity index (χ2v) is 3.94. The van der Waals surface area contributed by atoms with Crippen LogP contribution in [-0.2, 0) is 4.79 Å². The molecule has 1 aromatic carbocycles. The molecule has 1 rings (SSSR count). The highest BCUT2D eigenvalue weighted by molar-refractivity contribution is 5.91. The Kier molecular flexibility index (Phi) is 4.67. The molecule has 3 N–H and O–H groups in total. The first-order valence-electron chi connectivity index (χ1n) is 5.41. The van der Waals surface area contributed by atoms with Crippen LogP contribution in [0.3, 0.4) is 0 Å². The lowest BCUT2D eigenvalue weighted by molar-refractivity contribution is -0.146. The molecule has 1 aromatic rings. The Bertz CT molecular complexity index is 447. The summed E-state index contributed by atoms with van der Waals surface area (Å²) in [4.78, 5) is 23.4. The molecule has 6 heteroatoms. The van der Waals surface area contributed by atoms with Gasteiger partial charge in [-0.25, -0.2) is 9.59 Å². The molecular weight excluding hydrogens is 236 g/mol. The number of nitrogens with zero attached hydrogens (tertiary/aromatic N) is 1. The summed E-state index contributed by atoms with van der Waals surface area (Å²) < 4.78 is 0. The summed E-state index contributed by atoms with van der Waals surface area (Å²) in [6.45, 7) is 1.58. The molecule has 2 amide bonds. The fourth-order valence-electron chi connectivity index (χ4n) is 1.34. The zero-order chi connectivity index (χ0) is 13.7. The number of rotatable bonds is 4. The van der Waals surface area contributed by atoms with E-state index in [1.54, 1.807) is 13.1 Å². The molecule has 0 heterocycles. The van der Waals surface area contributed by atoms with Crippen LogP contribution in [0.5, 0.6) is 0 Å². The van der Waals surface area contributed by atoms with Gasteiger partial charge >= 0.3 is 12.0 Å². The van der Waals surface area contributed by atoms with Crippen molar-refractivity contribution in [1.82, 2.24) is 5.32 Å². The molecular formula is C12H16N2O4. The molecule has 0 fully saturated rings. The Hall–Kier alpha value is -2.08. The Morgan fingerprint density at radius 1 is 1.44 bits per heavy atom. The molecule has 6 nitrogen and oxygen atoms in total. The lowest BCUT2D eigenvalue weighted by Gasteiger charge is -2.19. The van der Waals surface area contributed by atoms with E-state index in [4.69, 9.17) is 10.2 Å². The van der Waals surface area contributed by atoms with Gasteiger partial charge in [0.1, 0.15) is 0 Å². The third-order valence-electron chi connectivity index (χ3n) is 2.43. The van der Waals surface area contributed by atoms with E-state index in [1.807, 2.05) is 25.1 Å². The van der Waals surface area contributed by atoms with Crippen LogP contribution in [-0.4, -0.2) is 41.9 Å². The number of hydrogen-bond donors (Lipinski definition) is 3. The maximum atomic E-state index is 11.7. The van der Waals surface area contributed by atoms with Crippen LogP contribution in [0.1, 0.15) is 5.56 Å². The van der Waals surface area contributed by atoms with Crippen LogP contribution >= 0.6 is 0 Å². The number of nitrogens with one attached hydrogen (secondary N) is 1. The van der Waals surface area contributed by atoms with Gasteiger partial charge in [-0.15, -0.1) is 0 Å². The fourth-order valence-corrected chi connectivity index (χ4v) is 1.34. The van der Waals surface area contributed by atoms with E-state index >= 15 is 0 Å². The first-order valence-corrected chi connectivity index (χ1v) is 5.41. The smallest absolute Gasteiger partial charge is 0.334 e. The Morgan fingerprint density at radius 3 is 2.67 bits per heavy atom. The van der Waals surface area contributed by atoms with E-state index in [0.717, 1.165) is 5.56 Å². The molecule has 0 aliphatic carbocycles. The Balaban J connectivity index is 2.59. The fraction of sp³-hybridized carbons (Fsp3) is 0.333. The van der Waals surface area contributed by atoms with Crippen LogP contribution in [0.2, 0.25) is 0 Å². The van der Waals surface area contributed by atoms with Gasteiger partial charge in [0.15, 0.2) is 6.10 Å². The number of carbonyl (C=O) groups excluding carboxylic acids is 1. The summed E-state index contributed by atoms with van der Waals surface area (Å²) >= 11 is 0. The molecule has 0 saturated heterocycles. The summed E-state index contributed by atoms with van der Waals surface area (Å²) in [5.41, 5.74) is 1.70. The number of carbonyl (C=O) groups is 2. The van der Waals surface area contributed by atoms with Crippen molar-refractivity contribution in [3.63, 3.8) is 0 Å². The molecule has 0 spiro atoms. The Labute approximate surface area is 105 Å². The van der Waals surface area contributed by atoms with Crippen LogP contribution < -0.4 is 10.2 Å². The molecule has 0 aromatic heterocycles. The number of carboxylic acid groups (broad SMARTS) is 1. The van der Waals surface area contributed by atoms with Gasteiger partial charge in [0.05, 0.1) is 6.54 Å². The summed E-state index contributed by atoms with van der Waals surface area (Å²) in [7, 11) is 1.57. The van der Waals surface area contributed by atoms with Gasteiger partial charge in [0.2, 0.25) is 0 Å². The van der Waals surface area contributed by atoms with Crippen molar-refractivity contribution < 1.29 is 19.8 Å². The minimum atomic E-state index is -1.60. The predicted octanol–water partition coefficient (Wildman–Crippen LogP) is 0.586. The van der Waals surface area contributed by atoms with Crippen LogP contribution in [0.4, 0.5) is 10.5 Å². The summed E-state index contributed by atoms with van der Waals surface area (Å²) in [5.74, 6) is -1.37. The van der Waals surface area contributed by atoms with Crippen molar-refractivity contribution in [2.24, 2.45) is 0 Å². The number of aliphatic hydroxyl groups excluding tert-OH is 1. The zero-order valence-corrected chi connectivity index (χ0v) is 10.3. The maximum Gasteiger partial charge on any atom is 0.334 e. The van der Waals surface area contributed by atoms with Crippen molar-refractivity contribution in [3.8, 4) is 0 Å². The van der Waals surface area contributed by atoms with E-state index in [1.165, 1.54) is 4.90 Å². The topological polar surface area (TPSA) is 89.9 Å². The molecule has 0 saturated carbocycles. The molecule has 1 unspecified atom stereocenters. The summed E-state index contributed by atoms with van der Waals surface area (Å²) in [6, 6.07) is 6.85. The number of hydrogen-bond acceptors (Lipinski definition) is 3. The number of aliphatic hydroxyl groups is 1. The number of carboxylic acids is 1. The number of aliphatic carboxylic acids is 1. The maximum absolute atomic E-state index is 11.7. The lowest BCUT2D eigenvalue weighted by atomic mass is 10.2. The Morgan fingerprint density at radius 2 is 2.11 bits per heavy atom. The van der Waals surface area contributed by atoms with Gasteiger partial charge in [-0.2, -0.15) is 0 Å². The van der Waals surface area contributed by atoms with Gasteiger partial charge < -0.3 is 15.5 Å². The van der Waals surface area contributed by atoms with E-state index < -0.39 is 18.1 Å². The van der Waals surface area contributed by atoms with Crippen molar-refractivity contribution in [2.75, 3.05) is 18.5 Å². The highest BCUT2D eigenvalue weighted by atomic mass is 16.4. The van der Waals surface area contributed by atoms with Crippen LogP contribution in [0.15, 0.2) is 24.3 Å². The standard InChI is InChI=1S/C12H16N2O4/c1-8-4-3-5-9(6-8)14(2)12(18)13-7-10(15)11(16)17/h3-6,10,15H,7H2,1-2H3,(H,13,18)(H,16,17). The largest absolute Gasteiger partial charge is 0.479 e. The van der Waals surface area contributed by atoms with E-state index in [9.17, 15) is 9.59 Å². The van der Waals surface area contributed by atoms with Gasteiger partial charge in [0, 0.05) is 12.7 Å². The van der Waals surface area contributed by atoms with Gasteiger partial charge in [-0.1, -0.05) is 12.1 Å². The average Bonchev–Trinajstić information content (AvgIpc) is 2.34. The highest BCUT2D eigenvalue weighted by Gasteiger charge is 2.16. The molecule has 1 atom stereocenters. The number of amides is 2. The van der Waals surface area contributed by atoms with Crippen LogP contribution in [0.25, 0.3) is 0 Å². The second kappa shape index (κ2) is 6.02. The number of anilines is 1. The summed E-state index contributed by atoms with van der Waals surface area (Å²) in [6.07, 6.45) is -1.60. The van der Waals surface area contributed by atoms with Gasteiger partial charge in [-0.3, -0.25) is 4.90 Å². The third-order valence-corrected chi connectivity index (χ3v) is 2.43. The molecule has 0 radical (unpaired) electrons. The van der Waals surface area contributed by atoms with E-state index in [-0.39, 0.29) is 6.54 Å². The zero-order valence-electron chi connectivity index (χ0n) is 10.3. The first kappa shape index (κ1) is 14.0. The number of aryl methyl sites for hydroxylation is 1. The van der Waals surface area contributed by atoms with Crippen molar-refractivity contribution >= 4 is 17.7 Å². The highest BCUT2D eigenvalue weighted by Crippen LogP contribution is 2.13. The van der Waals surface area contributed by atoms with Crippen LogP contribution in [0, 0.1) is 6.92 Å². The molecule has 98 valence electrons. The van der Waals surface area contributed by atoms with E-state index in [2.05, 4.69) is 5.32 Å². The molecule has 0 bridgehead atoms. The van der Waals surface area contributed by atoms with Gasteiger partial charge in [-0.05, 0) is 24.6 Å². The lowest BCUT2D eigenvalue weighted by Crippen LogP contribution is -2.43. The predicted molar refractivity (Wildman–Crippen MR) is 66.6 cm³/mol. The summed E-state index contributed by atoms with van der Waals surface area (Å²) in [5, 5.41) is 19.8. The quantitative estimate of drug-likeness (QED) is 0.731. The molecule has 0 aliphatic heterocycles. The second-order valence-electron chi connectivity index (χ2n) is 3.94. The van der Waals surface area contributed by atoms with E-state index in [0.29, 0.717) is 5.69 Å².